The smallest absolute Gasteiger partial charge is 0.266 e. The molecular weight excluding hydrogens is 368 g/mol. The predicted octanol–water partition coefficient (Wildman–Crippen LogP) is 4.36. The first-order valence-electron chi connectivity index (χ1n) is 7.23. The number of phenols is 1. The Morgan fingerprint density at radius 3 is 2.46 bits per heavy atom. The van der Waals surface area contributed by atoms with Crippen LogP contribution in [0, 0.1) is 18.3 Å². The summed E-state index contributed by atoms with van der Waals surface area (Å²) in [6.07, 6.45) is 0. The van der Waals surface area contributed by atoms with E-state index in [-0.39, 0.29) is 11.3 Å². The Labute approximate surface area is 147 Å². The molecule has 0 spiro atoms. The van der Waals surface area contributed by atoms with Crippen LogP contribution in [0.1, 0.15) is 11.1 Å². The number of pyridine rings is 1. The molecule has 0 aliphatic carbocycles. The fourth-order valence-corrected chi connectivity index (χ4v) is 2.86. The van der Waals surface area contributed by atoms with Gasteiger partial charge in [0.15, 0.2) is 0 Å². The molecule has 24 heavy (non-hydrogen) atoms. The first kappa shape index (κ1) is 16.0. The number of phenolic OH excluding ortho intramolecular Hbond substituents is 1. The number of aromatic nitrogens is 1. The molecule has 3 aromatic rings. The van der Waals surface area contributed by atoms with Crippen LogP contribution in [0.15, 0.2) is 57.8 Å². The summed E-state index contributed by atoms with van der Waals surface area (Å²) >= 11 is 3.36. The second-order valence-corrected chi connectivity index (χ2v) is 6.36. The van der Waals surface area contributed by atoms with Crippen molar-refractivity contribution in [3.63, 3.8) is 0 Å². The van der Waals surface area contributed by atoms with Crippen LogP contribution in [-0.2, 0) is 0 Å². The fourth-order valence-electron chi connectivity index (χ4n) is 2.50. The maximum absolute atomic E-state index is 12.3. The SMILES string of the molecule is Cc1ccc(-c2cc(-c3cc(Br)ccc3O)[nH]c(=O)c2C#N)cc1. The van der Waals surface area contributed by atoms with E-state index in [1.807, 2.05) is 37.3 Å². The van der Waals surface area contributed by atoms with Crippen molar-refractivity contribution in [1.82, 2.24) is 4.98 Å². The summed E-state index contributed by atoms with van der Waals surface area (Å²) in [6.45, 7) is 1.97. The van der Waals surface area contributed by atoms with Gasteiger partial charge in [0.2, 0.25) is 0 Å². The summed E-state index contributed by atoms with van der Waals surface area (Å²) in [5, 5.41) is 19.4. The number of H-pyrrole nitrogens is 1. The Kier molecular flexibility index (Phi) is 4.24. The number of rotatable bonds is 2. The van der Waals surface area contributed by atoms with Gasteiger partial charge in [0, 0.05) is 15.6 Å². The molecule has 0 saturated carbocycles. The third kappa shape index (κ3) is 2.97. The number of nitrogens with one attached hydrogen (secondary N) is 1. The lowest BCUT2D eigenvalue weighted by atomic mass is 9.98. The van der Waals surface area contributed by atoms with Crippen LogP contribution in [0.2, 0.25) is 0 Å². The zero-order chi connectivity index (χ0) is 17.3. The maximum Gasteiger partial charge on any atom is 0.266 e. The number of aryl methyl sites for hydroxylation is 1. The summed E-state index contributed by atoms with van der Waals surface area (Å²) in [5.41, 5.74) is 2.91. The molecule has 0 unspecified atom stereocenters. The van der Waals surface area contributed by atoms with Crippen molar-refractivity contribution in [2.75, 3.05) is 0 Å². The van der Waals surface area contributed by atoms with E-state index in [1.54, 1.807) is 24.3 Å². The molecule has 4 nitrogen and oxygen atoms in total. The van der Waals surface area contributed by atoms with Gasteiger partial charge in [-0.2, -0.15) is 5.26 Å². The highest BCUT2D eigenvalue weighted by molar-refractivity contribution is 9.10. The van der Waals surface area contributed by atoms with Gasteiger partial charge in [-0.05, 0) is 36.8 Å². The number of hydrogen-bond donors (Lipinski definition) is 2. The van der Waals surface area contributed by atoms with Crippen LogP contribution >= 0.6 is 15.9 Å². The fraction of sp³-hybridized carbons (Fsp3) is 0.0526. The van der Waals surface area contributed by atoms with Gasteiger partial charge < -0.3 is 10.1 Å². The van der Waals surface area contributed by atoms with Crippen molar-refractivity contribution in [2.45, 2.75) is 6.92 Å². The van der Waals surface area contributed by atoms with Gasteiger partial charge >= 0.3 is 0 Å². The Balaban J connectivity index is 2.28. The average Bonchev–Trinajstić information content (AvgIpc) is 2.57. The van der Waals surface area contributed by atoms with Gasteiger partial charge in [0.25, 0.3) is 5.56 Å². The molecule has 3 rings (SSSR count). The minimum Gasteiger partial charge on any atom is -0.507 e. The van der Waals surface area contributed by atoms with Crippen LogP contribution in [0.3, 0.4) is 0 Å². The van der Waals surface area contributed by atoms with Crippen molar-refractivity contribution in [3.8, 4) is 34.2 Å². The molecule has 2 aromatic carbocycles. The highest BCUT2D eigenvalue weighted by Gasteiger charge is 2.14. The summed E-state index contributed by atoms with van der Waals surface area (Å²) in [6, 6.07) is 16.2. The van der Waals surface area contributed by atoms with Gasteiger partial charge in [-0.25, -0.2) is 0 Å². The second-order valence-electron chi connectivity index (χ2n) is 5.44. The monoisotopic (exact) mass is 380 g/mol. The average molecular weight is 381 g/mol. The van der Waals surface area contributed by atoms with Crippen LogP contribution in [0.5, 0.6) is 5.75 Å². The normalized spacial score (nSPS) is 10.4. The number of hydrogen-bond acceptors (Lipinski definition) is 3. The Hall–Kier alpha value is -2.84. The third-order valence-corrected chi connectivity index (χ3v) is 4.25. The molecule has 0 radical (unpaired) electrons. The maximum atomic E-state index is 12.3. The molecule has 118 valence electrons. The standard InChI is InChI=1S/C19H13BrN2O2/c1-11-2-4-12(5-3-11)14-9-17(22-19(24)16(14)10-21)15-8-13(20)6-7-18(15)23/h2-9,23H,1H3,(H,22,24). The molecule has 0 atom stereocenters. The molecule has 0 saturated heterocycles. The number of nitriles is 1. The van der Waals surface area contributed by atoms with Crippen LogP contribution in [0.25, 0.3) is 22.4 Å². The van der Waals surface area contributed by atoms with Gasteiger partial charge in [-0.3, -0.25) is 4.79 Å². The molecule has 0 fully saturated rings. The zero-order valence-electron chi connectivity index (χ0n) is 12.8. The first-order chi connectivity index (χ1) is 11.5. The highest BCUT2D eigenvalue weighted by atomic mass is 79.9. The second kappa shape index (κ2) is 6.34. The van der Waals surface area contributed by atoms with E-state index in [1.165, 1.54) is 0 Å². The molecule has 0 amide bonds. The summed E-state index contributed by atoms with van der Waals surface area (Å²) in [5.74, 6) is 0.0495. The zero-order valence-corrected chi connectivity index (χ0v) is 14.4. The first-order valence-corrected chi connectivity index (χ1v) is 8.02. The number of halogens is 1. The molecule has 1 heterocycles. The molecular formula is C19H13BrN2O2. The minimum absolute atomic E-state index is 0.0495. The van der Waals surface area contributed by atoms with E-state index < -0.39 is 5.56 Å². The Bertz CT molecular complexity index is 1020. The summed E-state index contributed by atoms with van der Waals surface area (Å²) in [7, 11) is 0. The largest absolute Gasteiger partial charge is 0.507 e. The Morgan fingerprint density at radius 2 is 1.79 bits per heavy atom. The van der Waals surface area contributed by atoms with Crippen LogP contribution in [-0.4, -0.2) is 10.1 Å². The van der Waals surface area contributed by atoms with E-state index in [9.17, 15) is 15.2 Å². The molecule has 1 aromatic heterocycles. The Morgan fingerprint density at radius 1 is 1.08 bits per heavy atom. The van der Waals surface area contributed by atoms with Crippen molar-refractivity contribution >= 4 is 15.9 Å². The van der Waals surface area contributed by atoms with Gasteiger partial charge in [0.1, 0.15) is 17.4 Å². The topological polar surface area (TPSA) is 76.9 Å². The van der Waals surface area contributed by atoms with Gasteiger partial charge in [-0.15, -0.1) is 0 Å². The lowest BCUT2D eigenvalue weighted by molar-refractivity contribution is 0.477. The van der Waals surface area contributed by atoms with Crippen molar-refractivity contribution in [3.05, 3.63) is 74.5 Å². The van der Waals surface area contributed by atoms with Crippen molar-refractivity contribution in [1.29, 1.82) is 5.26 Å². The number of aromatic amines is 1. The van der Waals surface area contributed by atoms with Gasteiger partial charge in [-0.1, -0.05) is 45.8 Å². The molecule has 0 bridgehead atoms. The van der Waals surface area contributed by atoms with E-state index in [4.69, 9.17) is 0 Å². The van der Waals surface area contributed by atoms with E-state index in [2.05, 4.69) is 20.9 Å². The summed E-state index contributed by atoms with van der Waals surface area (Å²) < 4.78 is 0.775. The van der Waals surface area contributed by atoms with Crippen LogP contribution < -0.4 is 5.56 Å². The molecule has 0 aliphatic rings. The molecule has 5 heteroatoms. The van der Waals surface area contributed by atoms with E-state index in [0.717, 1.165) is 15.6 Å². The lowest BCUT2D eigenvalue weighted by Gasteiger charge is -2.10. The quantitative estimate of drug-likeness (QED) is 0.693. The van der Waals surface area contributed by atoms with Gasteiger partial charge in [0.05, 0.1) is 5.69 Å². The number of benzene rings is 2. The van der Waals surface area contributed by atoms with E-state index >= 15 is 0 Å². The third-order valence-electron chi connectivity index (χ3n) is 3.76. The van der Waals surface area contributed by atoms with Crippen molar-refractivity contribution < 1.29 is 5.11 Å². The number of nitrogens with zero attached hydrogens (tertiary/aromatic N) is 1. The lowest BCUT2D eigenvalue weighted by Crippen LogP contribution is -2.12. The summed E-state index contributed by atoms with van der Waals surface area (Å²) in [4.78, 5) is 15.0. The molecule has 2 N–H and O–H groups in total. The minimum atomic E-state index is -0.482. The molecule has 0 aliphatic heterocycles. The predicted molar refractivity (Wildman–Crippen MR) is 96.8 cm³/mol. The van der Waals surface area contributed by atoms with Crippen LogP contribution in [0.4, 0.5) is 0 Å². The number of aromatic hydroxyl groups is 1. The van der Waals surface area contributed by atoms with Crippen molar-refractivity contribution in [2.24, 2.45) is 0 Å². The highest BCUT2D eigenvalue weighted by Crippen LogP contribution is 2.33. The van der Waals surface area contributed by atoms with E-state index in [0.29, 0.717) is 16.8 Å².